The number of hydrogen-bond donors (Lipinski definition) is 0. The van der Waals surface area contributed by atoms with Gasteiger partial charge in [-0.05, 0) is 128 Å². The molecule has 3 aliphatic carbocycles. The molecule has 2 aromatic heterocycles. The van der Waals surface area contributed by atoms with E-state index in [-0.39, 0.29) is 5.41 Å². The molecule has 9 rings (SSSR count). The van der Waals surface area contributed by atoms with Gasteiger partial charge in [-0.25, -0.2) is 0 Å². The van der Waals surface area contributed by atoms with Crippen LogP contribution in [0.25, 0.3) is 11.3 Å². The van der Waals surface area contributed by atoms with E-state index < -0.39 is 0 Å². The first kappa shape index (κ1) is 29.5. The van der Waals surface area contributed by atoms with Crippen LogP contribution in [0.2, 0.25) is 0 Å². The number of fused-ring (bicyclic) bond motifs is 3. The molecule has 5 aromatic rings. The van der Waals surface area contributed by atoms with Gasteiger partial charge in [-0.3, -0.25) is 4.98 Å². The zero-order valence-corrected chi connectivity index (χ0v) is 28.2. The van der Waals surface area contributed by atoms with E-state index in [1.807, 2.05) is 6.20 Å². The van der Waals surface area contributed by atoms with Gasteiger partial charge < -0.3 is 14.5 Å². The molecule has 0 radical (unpaired) electrons. The van der Waals surface area contributed by atoms with Crippen LogP contribution in [-0.4, -0.2) is 22.7 Å². The molecule has 3 aromatic carbocycles. The second-order valence-corrected chi connectivity index (χ2v) is 15.0. The molecule has 3 heterocycles. The number of aromatic nitrogens is 2. The normalized spacial score (nSPS) is 18.0. The SMILES string of the molecule is CC(C)N1CN(c2cc(C3CCCCC3)cc(Oc3cccc(-c4nccc5c4CC4(Cc6ccccc6C4)C5)c3)n2)c2ccccc21. The van der Waals surface area contributed by atoms with Gasteiger partial charge >= 0.3 is 0 Å². The van der Waals surface area contributed by atoms with Crippen molar-refractivity contribution in [1.29, 1.82) is 0 Å². The van der Waals surface area contributed by atoms with Gasteiger partial charge in [-0.2, -0.15) is 4.98 Å². The third-order valence-corrected chi connectivity index (χ3v) is 11.4. The predicted molar refractivity (Wildman–Crippen MR) is 195 cm³/mol. The number of pyridine rings is 2. The third-order valence-electron chi connectivity index (χ3n) is 11.4. The zero-order chi connectivity index (χ0) is 32.2. The Balaban J connectivity index is 1.04. The van der Waals surface area contributed by atoms with Crippen LogP contribution in [0.3, 0.4) is 0 Å². The first-order valence-electron chi connectivity index (χ1n) is 18.0. The molecule has 0 amide bonds. The average Bonchev–Trinajstić information content (AvgIpc) is 3.80. The average molecular weight is 633 g/mol. The van der Waals surface area contributed by atoms with Gasteiger partial charge in [0.1, 0.15) is 11.6 Å². The van der Waals surface area contributed by atoms with Crippen LogP contribution < -0.4 is 14.5 Å². The van der Waals surface area contributed by atoms with Crippen molar-refractivity contribution in [3.8, 4) is 22.9 Å². The quantitative estimate of drug-likeness (QED) is 0.186. The highest BCUT2D eigenvalue weighted by molar-refractivity contribution is 5.81. The number of anilines is 3. The van der Waals surface area contributed by atoms with Crippen molar-refractivity contribution >= 4 is 17.2 Å². The smallest absolute Gasteiger partial charge is 0.221 e. The Morgan fingerprint density at radius 3 is 2.29 bits per heavy atom. The molecule has 4 aliphatic rings. The summed E-state index contributed by atoms with van der Waals surface area (Å²) < 4.78 is 6.71. The summed E-state index contributed by atoms with van der Waals surface area (Å²) in [6, 6.07) is 33.4. The lowest BCUT2D eigenvalue weighted by Crippen LogP contribution is -2.33. The van der Waals surface area contributed by atoms with Crippen molar-refractivity contribution in [3.05, 3.63) is 125 Å². The first-order chi connectivity index (χ1) is 23.5. The Kier molecular flexibility index (Phi) is 7.25. The number of hydrogen-bond acceptors (Lipinski definition) is 5. The molecule has 1 saturated carbocycles. The Bertz CT molecular complexity index is 1970. The van der Waals surface area contributed by atoms with Crippen molar-refractivity contribution in [2.75, 3.05) is 16.5 Å². The third kappa shape index (κ3) is 5.24. The maximum Gasteiger partial charge on any atom is 0.221 e. The minimum absolute atomic E-state index is 0.275. The molecule has 0 N–H and O–H groups in total. The largest absolute Gasteiger partial charge is 0.439 e. The van der Waals surface area contributed by atoms with Crippen molar-refractivity contribution < 1.29 is 4.74 Å². The van der Waals surface area contributed by atoms with Gasteiger partial charge in [0.2, 0.25) is 5.88 Å². The van der Waals surface area contributed by atoms with Crippen molar-refractivity contribution in [2.45, 2.75) is 83.6 Å². The number of ether oxygens (including phenoxy) is 1. The predicted octanol–water partition coefficient (Wildman–Crippen LogP) is 10.2. The first-order valence-corrected chi connectivity index (χ1v) is 18.0. The van der Waals surface area contributed by atoms with E-state index in [0.29, 0.717) is 17.8 Å². The molecule has 0 saturated heterocycles. The van der Waals surface area contributed by atoms with Gasteiger partial charge in [-0.15, -0.1) is 0 Å². The summed E-state index contributed by atoms with van der Waals surface area (Å²) in [5.74, 6) is 2.97. The summed E-state index contributed by atoms with van der Waals surface area (Å²) in [6.07, 6.45) is 12.9. The summed E-state index contributed by atoms with van der Waals surface area (Å²) >= 11 is 0. The second-order valence-electron chi connectivity index (χ2n) is 15.0. The summed E-state index contributed by atoms with van der Waals surface area (Å²) in [4.78, 5) is 15.0. The van der Waals surface area contributed by atoms with E-state index in [1.165, 1.54) is 71.3 Å². The Hall–Kier alpha value is -4.64. The number of benzene rings is 3. The molecule has 0 bridgehead atoms. The molecule has 5 heteroatoms. The topological polar surface area (TPSA) is 41.5 Å². The zero-order valence-electron chi connectivity index (χ0n) is 28.2. The number of rotatable bonds is 6. The van der Waals surface area contributed by atoms with Crippen molar-refractivity contribution in [1.82, 2.24) is 9.97 Å². The highest BCUT2D eigenvalue weighted by atomic mass is 16.5. The van der Waals surface area contributed by atoms with Gasteiger partial charge in [0.25, 0.3) is 0 Å². The Labute approximate surface area is 284 Å². The molecule has 1 aliphatic heterocycles. The molecule has 0 atom stereocenters. The van der Waals surface area contributed by atoms with Crippen LogP contribution >= 0.6 is 0 Å². The molecule has 1 fully saturated rings. The standard InChI is InChI=1S/C43H44N4O/c1-29(2)46-28-47(39-18-9-8-17-38(39)46)40-22-35(30-11-4-3-5-12-30)23-41(45-40)48-36-16-10-15-31(21-36)42-37-27-43(26-34(37)19-20-44-42)24-32-13-6-7-14-33(32)25-43/h6-10,13-23,29-30H,3-5,11-12,24-28H2,1-2H3. The molecule has 1 spiro atoms. The lowest BCUT2D eigenvalue weighted by molar-refractivity contribution is 0.326. The summed E-state index contributed by atoms with van der Waals surface area (Å²) in [5.41, 5.74) is 12.2. The number of nitrogens with zero attached hydrogens (tertiary/aromatic N) is 4. The van der Waals surface area contributed by atoms with E-state index in [2.05, 4.69) is 115 Å². The summed E-state index contributed by atoms with van der Waals surface area (Å²) in [5, 5.41) is 0. The van der Waals surface area contributed by atoms with Crippen molar-refractivity contribution in [3.63, 3.8) is 0 Å². The number of para-hydroxylation sites is 2. The van der Waals surface area contributed by atoms with Gasteiger partial charge in [0, 0.05) is 23.9 Å². The lowest BCUT2D eigenvalue weighted by atomic mass is 9.81. The van der Waals surface area contributed by atoms with Crippen molar-refractivity contribution in [2.24, 2.45) is 5.41 Å². The fourth-order valence-corrected chi connectivity index (χ4v) is 9.09. The van der Waals surface area contributed by atoms with Crippen LogP contribution in [0.15, 0.2) is 97.2 Å². The maximum absolute atomic E-state index is 6.71. The van der Waals surface area contributed by atoms with Crippen LogP contribution in [0, 0.1) is 5.41 Å². The van der Waals surface area contributed by atoms with Gasteiger partial charge in [-0.1, -0.05) is 67.8 Å². The van der Waals surface area contributed by atoms with E-state index in [9.17, 15) is 0 Å². The minimum Gasteiger partial charge on any atom is -0.439 e. The minimum atomic E-state index is 0.275. The van der Waals surface area contributed by atoms with Gasteiger partial charge in [0.05, 0.1) is 23.7 Å². The fraction of sp³-hybridized carbons (Fsp3) is 0.349. The Morgan fingerprint density at radius 2 is 1.50 bits per heavy atom. The maximum atomic E-state index is 6.71. The van der Waals surface area contributed by atoms with Crippen LogP contribution in [0.5, 0.6) is 11.6 Å². The molecule has 5 nitrogen and oxygen atoms in total. The molecular formula is C43H44N4O. The van der Waals surface area contributed by atoms with E-state index in [4.69, 9.17) is 14.7 Å². The lowest BCUT2D eigenvalue weighted by Gasteiger charge is -2.26. The highest BCUT2D eigenvalue weighted by Crippen LogP contribution is 2.49. The van der Waals surface area contributed by atoms with E-state index in [0.717, 1.165) is 55.2 Å². The van der Waals surface area contributed by atoms with Crippen LogP contribution in [0.1, 0.15) is 79.7 Å². The van der Waals surface area contributed by atoms with Crippen LogP contribution in [0.4, 0.5) is 17.2 Å². The van der Waals surface area contributed by atoms with E-state index >= 15 is 0 Å². The monoisotopic (exact) mass is 632 g/mol. The molecule has 48 heavy (non-hydrogen) atoms. The summed E-state index contributed by atoms with van der Waals surface area (Å²) in [6.45, 7) is 5.30. The molecule has 242 valence electrons. The second kappa shape index (κ2) is 11.8. The van der Waals surface area contributed by atoms with Gasteiger partial charge in [0.15, 0.2) is 0 Å². The van der Waals surface area contributed by atoms with Crippen LogP contribution in [-0.2, 0) is 25.7 Å². The summed E-state index contributed by atoms with van der Waals surface area (Å²) in [7, 11) is 0. The fourth-order valence-electron chi connectivity index (χ4n) is 9.09. The van der Waals surface area contributed by atoms with E-state index in [1.54, 1.807) is 0 Å². The Morgan fingerprint density at radius 1 is 0.750 bits per heavy atom. The highest BCUT2D eigenvalue weighted by Gasteiger charge is 2.43. The molecular weight excluding hydrogens is 589 g/mol. The molecule has 0 unspecified atom stereocenters.